The first-order valence-electron chi connectivity index (χ1n) is 11.5. The molecule has 0 aliphatic heterocycles. The highest BCUT2D eigenvalue weighted by atomic mass is 35.5. The van der Waals surface area contributed by atoms with Crippen LogP contribution in [0.5, 0.6) is 0 Å². The molecule has 2 aromatic heterocycles. The Morgan fingerprint density at radius 2 is 1.91 bits per heavy atom. The van der Waals surface area contributed by atoms with Crippen LogP contribution in [-0.4, -0.2) is 11.0 Å². The number of anilines is 1. The highest BCUT2D eigenvalue weighted by molar-refractivity contribution is 6.31. The number of nitrogens with one attached hydrogen (secondary N) is 1. The molecule has 1 aliphatic carbocycles. The number of benzene rings is 2. The average Bonchev–Trinajstić information content (AvgIpc) is 2.78. The Bertz CT molecular complexity index is 1360. The van der Waals surface area contributed by atoms with Crippen molar-refractivity contribution in [3.63, 3.8) is 0 Å². The van der Waals surface area contributed by atoms with Crippen LogP contribution in [0.4, 0.5) is 10.1 Å². The standard InChI is InChI=1S/C27H26ClFN2O2/c1-16(31-25-15-27(32)33-26-13-19(28)6-8-22(25)26)12-17-2-4-18(5-3-17)21-10-11-30-24-9-7-20(29)14-23(21)24/h6-11,13-18,31H,2-5,12H2,1H3. The lowest BCUT2D eigenvalue weighted by atomic mass is 9.76. The molecule has 0 bridgehead atoms. The van der Waals surface area contributed by atoms with Crippen molar-refractivity contribution in [3.8, 4) is 0 Å². The van der Waals surface area contributed by atoms with Gasteiger partial charge in [0, 0.05) is 40.2 Å². The van der Waals surface area contributed by atoms with Crippen molar-refractivity contribution in [2.45, 2.75) is 51.0 Å². The Kier molecular flexibility index (Phi) is 6.07. The van der Waals surface area contributed by atoms with Gasteiger partial charge in [0.1, 0.15) is 11.4 Å². The van der Waals surface area contributed by atoms with E-state index in [1.54, 1.807) is 24.3 Å². The molecule has 33 heavy (non-hydrogen) atoms. The molecule has 1 fully saturated rings. The summed E-state index contributed by atoms with van der Waals surface area (Å²) in [6.45, 7) is 2.15. The molecular formula is C27H26ClFN2O2. The van der Waals surface area contributed by atoms with E-state index in [1.165, 1.54) is 17.7 Å². The third-order valence-electron chi connectivity index (χ3n) is 6.82. The Balaban J connectivity index is 1.25. The van der Waals surface area contributed by atoms with E-state index in [4.69, 9.17) is 16.0 Å². The van der Waals surface area contributed by atoms with Gasteiger partial charge in [-0.05, 0) is 92.8 Å². The largest absolute Gasteiger partial charge is 0.423 e. The van der Waals surface area contributed by atoms with E-state index in [-0.39, 0.29) is 17.5 Å². The van der Waals surface area contributed by atoms with Crippen LogP contribution in [-0.2, 0) is 0 Å². The lowest BCUT2D eigenvalue weighted by molar-refractivity contribution is 0.302. The Morgan fingerprint density at radius 3 is 2.73 bits per heavy atom. The molecule has 170 valence electrons. The summed E-state index contributed by atoms with van der Waals surface area (Å²) in [5.74, 6) is 0.828. The van der Waals surface area contributed by atoms with E-state index in [0.717, 1.165) is 54.1 Å². The first-order chi connectivity index (χ1) is 16.0. The normalized spacial score (nSPS) is 19.6. The second-order valence-electron chi connectivity index (χ2n) is 9.18. The number of aromatic nitrogens is 1. The van der Waals surface area contributed by atoms with Gasteiger partial charge in [0.15, 0.2) is 0 Å². The van der Waals surface area contributed by atoms with Crippen LogP contribution in [0.3, 0.4) is 0 Å². The zero-order valence-electron chi connectivity index (χ0n) is 18.5. The molecule has 4 aromatic rings. The molecule has 6 heteroatoms. The molecule has 1 N–H and O–H groups in total. The number of nitrogens with zero attached hydrogens (tertiary/aromatic N) is 1. The van der Waals surface area contributed by atoms with Crippen molar-refractivity contribution in [1.82, 2.24) is 4.98 Å². The number of fused-ring (bicyclic) bond motifs is 2. The van der Waals surface area contributed by atoms with Crippen LogP contribution < -0.4 is 10.9 Å². The van der Waals surface area contributed by atoms with Gasteiger partial charge < -0.3 is 9.73 Å². The molecule has 0 saturated heterocycles. The molecule has 2 aromatic carbocycles. The number of rotatable bonds is 5. The van der Waals surface area contributed by atoms with E-state index >= 15 is 0 Å². The first kappa shape index (κ1) is 21.9. The van der Waals surface area contributed by atoms with E-state index in [1.807, 2.05) is 12.3 Å². The van der Waals surface area contributed by atoms with Crippen LogP contribution in [0, 0.1) is 11.7 Å². The topological polar surface area (TPSA) is 55.1 Å². The van der Waals surface area contributed by atoms with Crippen molar-refractivity contribution in [2.24, 2.45) is 5.92 Å². The van der Waals surface area contributed by atoms with Gasteiger partial charge in [-0.3, -0.25) is 4.98 Å². The maximum Gasteiger partial charge on any atom is 0.338 e. The summed E-state index contributed by atoms with van der Waals surface area (Å²) in [5.41, 5.74) is 2.96. The summed E-state index contributed by atoms with van der Waals surface area (Å²) in [5, 5.41) is 5.84. The number of pyridine rings is 1. The molecule has 1 unspecified atom stereocenters. The number of halogens is 2. The molecule has 1 saturated carbocycles. The maximum absolute atomic E-state index is 13.8. The summed E-state index contributed by atoms with van der Waals surface area (Å²) in [4.78, 5) is 16.4. The Labute approximate surface area is 196 Å². The van der Waals surface area contributed by atoms with Crippen molar-refractivity contribution >= 4 is 39.2 Å². The highest BCUT2D eigenvalue weighted by Crippen LogP contribution is 2.40. The van der Waals surface area contributed by atoms with Crippen LogP contribution >= 0.6 is 11.6 Å². The van der Waals surface area contributed by atoms with Crippen LogP contribution in [0.1, 0.15) is 50.5 Å². The number of hydrogen-bond acceptors (Lipinski definition) is 4. The van der Waals surface area contributed by atoms with Gasteiger partial charge in [-0.25, -0.2) is 9.18 Å². The zero-order valence-corrected chi connectivity index (χ0v) is 19.2. The summed E-state index contributed by atoms with van der Waals surface area (Å²) in [6.07, 6.45) is 7.29. The lowest BCUT2D eigenvalue weighted by Crippen LogP contribution is -2.23. The Hall–Kier alpha value is -2.92. The minimum Gasteiger partial charge on any atom is -0.423 e. The van der Waals surface area contributed by atoms with Crippen molar-refractivity contribution in [2.75, 3.05) is 5.32 Å². The fourth-order valence-electron chi connectivity index (χ4n) is 5.29. The van der Waals surface area contributed by atoms with E-state index in [0.29, 0.717) is 22.4 Å². The van der Waals surface area contributed by atoms with Crippen molar-refractivity contribution < 1.29 is 8.81 Å². The van der Waals surface area contributed by atoms with Gasteiger partial charge in [-0.2, -0.15) is 0 Å². The number of hydrogen-bond donors (Lipinski definition) is 1. The van der Waals surface area contributed by atoms with E-state index in [9.17, 15) is 9.18 Å². The highest BCUT2D eigenvalue weighted by Gasteiger charge is 2.25. The molecule has 0 amide bonds. The van der Waals surface area contributed by atoms with E-state index < -0.39 is 0 Å². The van der Waals surface area contributed by atoms with Crippen molar-refractivity contribution in [1.29, 1.82) is 0 Å². The second-order valence-corrected chi connectivity index (χ2v) is 9.62. The van der Waals surface area contributed by atoms with Gasteiger partial charge in [0.2, 0.25) is 0 Å². The van der Waals surface area contributed by atoms with Crippen LogP contribution in [0.15, 0.2) is 63.9 Å². The average molecular weight is 465 g/mol. The summed E-state index contributed by atoms with van der Waals surface area (Å²) in [7, 11) is 0. The van der Waals surface area contributed by atoms with Gasteiger partial charge >= 0.3 is 5.63 Å². The molecule has 0 radical (unpaired) electrons. The molecule has 1 atom stereocenters. The summed E-state index contributed by atoms with van der Waals surface area (Å²) < 4.78 is 19.1. The minimum atomic E-state index is -0.388. The molecule has 0 spiro atoms. The monoisotopic (exact) mass is 464 g/mol. The van der Waals surface area contributed by atoms with Gasteiger partial charge in [-0.1, -0.05) is 11.6 Å². The predicted octanol–water partition coefficient (Wildman–Crippen LogP) is 7.30. The molecule has 4 nitrogen and oxygen atoms in total. The summed E-state index contributed by atoms with van der Waals surface area (Å²) >= 11 is 6.05. The van der Waals surface area contributed by atoms with Gasteiger partial charge in [0.05, 0.1) is 11.2 Å². The molecule has 1 aliphatic rings. The zero-order chi connectivity index (χ0) is 22.9. The van der Waals surface area contributed by atoms with Crippen LogP contribution in [0.2, 0.25) is 5.02 Å². The van der Waals surface area contributed by atoms with Crippen LogP contribution in [0.25, 0.3) is 21.9 Å². The Morgan fingerprint density at radius 1 is 1.09 bits per heavy atom. The smallest absolute Gasteiger partial charge is 0.338 e. The quantitative estimate of drug-likeness (QED) is 0.315. The molecular weight excluding hydrogens is 439 g/mol. The van der Waals surface area contributed by atoms with Crippen molar-refractivity contribution in [3.05, 3.63) is 81.6 Å². The fourth-order valence-corrected chi connectivity index (χ4v) is 5.45. The van der Waals surface area contributed by atoms with Gasteiger partial charge in [0.25, 0.3) is 0 Å². The van der Waals surface area contributed by atoms with E-state index in [2.05, 4.69) is 23.3 Å². The first-order valence-corrected chi connectivity index (χ1v) is 11.9. The second kappa shape index (κ2) is 9.14. The molecule has 2 heterocycles. The van der Waals surface area contributed by atoms with Gasteiger partial charge in [-0.15, -0.1) is 0 Å². The third kappa shape index (κ3) is 4.74. The molecule has 5 rings (SSSR count). The SMILES string of the molecule is CC(CC1CCC(c2ccnc3ccc(F)cc23)CC1)Nc1cc(=O)oc2cc(Cl)ccc12. The fraction of sp³-hybridized carbons (Fsp3) is 0.333. The maximum atomic E-state index is 13.8. The minimum absolute atomic E-state index is 0.211. The summed E-state index contributed by atoms with van der Waals surface area (Å²) in [6, 6.07) is 14.0. The predicted molar refractivity (Wildman–Crippen MR) is 132 cm³/mol. The lowest BCUT2D eigenvalue weighted by Gasteiger charge is -2.31. The third-order valence-corrected chi connectivity index (χ3v) is 7.05.